The van der Waals surface area contributed by atoms with Crippen LogP contribution in [0.5, 0.6) is 0 Å². The van der Waals surface area contributed by atoms with Crippen LogP contribution in [0.4, 0.5) is 0 Å². The van der Waals surface area contributed by atoms with Gasteiger partial charge in [0.15, 0.2) is 0 Å². The summed E-state index contributed by atoms with van der Waals surface area (Å²) in [5.41, 5.74) is 3.20. The molecule has 2 heterocycles. The Morgan fingerprint density at radius 1 is 1.11 bits per heavy atom. The van der Waals surface area contributed by atoms with E-state index in [1.54, 1.807) is 4.90 Å². The zero-order valence-corrected chi connectivity index (χ0v) is 21.4. The van der Waals surface area contributed by atoms with E-state index in [-0.39, 0.29) is 36.8 Å². The molecule has 1 fully saturated rings. The van der Waals surface area contributed by atoms with E-state index in [2.05, 4.69) is 20.8 Å². The minimum absolute atomic E-state index is 0.128. The molecule has 9 nitrogen and oxygen atoms in total. The highest BCUT2D eigenvalue weighted by Gasteiger charge is 2.33. The molecule has 2 atom stereocenters. The maximum atomic E-state index is 13.2. The molecule has 3 aromatic rings. The van der Waals surface area contributed by atoms with Crippen molar-refractivity contribution in [3.05, 3.63) is 83.1 Å². The van der Waals surface area contributed by atoms with Crippen LogP contribution in [0.3, 0.4) is 0 Å². The van der Waals surface area contributed by atoms with E-state index in [9.17, 15) is 14.4 Å². The molecule has 1 aliphatic heterocycles. The lowest BCUT2D eigenvalue weighted by Crippen LogP contribution is -2.59. The van der Waals surface area contributed by atoms with Gasteiger partial charge in [0.2, 0.25) is 23.5 Å². The zero-order valence-electron chi connectivity index (χ0n) is 21.4. The van der Waals surface area contributed by atoms with Crippen LogP contribution in [0.25, 0.3) is 0 Å². The molecule has 2 N–H and O–H groups in total. The highest BCUT2D eigenvalue weighted by molar-refractivity contribution is 5.99. The number of piperazine rings is 1. The van der Waals surface area contributed by atoms with E-state index in [1.807, 2.05) is 75.4 Å². The van der Waals surface area contributed by atoms with Crippen LogP contribution in [0.1, 0.15) is 47.1 Å². The van der Waals surface area contributed by atoms with E-state index >= 15 is 0 Å². The Hall–Kier alpha value is -3.85. The molecule has 9 heteroatoms. The first kappa shape index (κ1) is 26.2. The predicted molar refractivity (Wildman–Crippen MR) is 138 cm³/mol. The SMILES string of the molecule is Cc1cccc(Cc2nnc(C(=O)[C@H](NC(=O)CN3C(=O)CNC[C@H]3Cc3ccccc3)C(C)C)o2)c1. The Morgan fingerprint density at radius 2 is 1.86 bits per heavy atom. The van der Waals surface area contributed by atoms with E-state index < -0.39 is 17.7 Å². The number of hydrogen-bond donors (Lipinski definition) is 2. The Balaban J connectivity index is 1.41. The van der Waals surface area contributed by atoms with E-state index in [4.69, 9.17) is 4.42 Å². The lowest BCUT2D eigenvalue weighted by atomic mass is 9.99. The van der Waals surface area contributed by atoms with Crippen LogP contribution in [-0.4, -0.2) is 64.4 Å². The summed E-state index contributed by atoms with van der Waals surface area (Å²) in [7, 11) is 0. The fourth-order valence-corrected chi connectivity index (χ4v) is 4.51. The Labute approximate surface area is 216 Å². The summed E-state index contributed by atoms with van der Waals surface area (Å²) in [6.07, 6.45) is 1.04. The number of Topliss-reactive ketones (excluding diaryl/α,β-unsaturated/α-hetero) is 1. The number of rotatable bonds is 10. The molecule has 0 saturated carbocycles. The molecule has 1 saturated heterocycles. The maximum Gasteiger partial charge on any atom is 0.286 e. The van der Waals surface area contributed by atoms with Gasteiger partial charge in [-0.3, -0.25) is 14.4 Å². The molecule has 194 valence electrons. The molecular weight excluding hydrogens is 470 g/mol. The first-order valence-corrected chi connectivity index (χ1v) is 12.6. The minimum atomic E-state index is -0.856. The number of carbonyl (C=O) groups is 3. The smallest absolute Gasteiger partial charge is 0.286 e. The molecule has 0 unspecified atom stereocenters. The van der Waals surface area contributed by atoms with Crippen molar-refractivity contribution in [1.82, 2.24) is 25.7 Å². The van der Waals surface area contributed by atoms with Crippen molar-refractivity contribution < 1.29 is 18.8 Å². The van der Waals surface area contributed by atoms with Crippen molar-refractivity contribution in [3.8, 4) is 0 Å². The summed E-state index contributed by atoms with van der Waals surface area (Å²) in [5, 5.41) is 13.9. The van der Waals surface area contributed by atoms with Crippen LogP contribution in [0, 0.1) is 12.8 Å². The van der Waals surface area contributed by atoms with E-state index in [0.717, 1.165) is 16.7 Å². The van der Waals surface area contributed by atoms with Crippen molar-refractivity contribution in [2.45, 2.75) is 45.7 Å². The summed E-state index contributed by atoms with van der Waals surface area (Å²) >= 11 is 0. The fourth-order valence-electron chi connectivity index (χ4n) is 4.51. The second kappa shape index (κ2) is 11.9. The third kappa shape index (κ3) is 6.89. The van der Waals surface area contributed by atoms with Crippen LogP contribution in [0.2, 0.25) is 0 Å². The first-order chi connectivity index (χ1) is 17.8. The van der Waals surface area contributed by atoms with Crippen molar-refractivity contribution in [2.24, 2.45) is 5.92 Å². The van der Waals surface area contributed by atoms with Gasteiger partial charge in [0.1, 0.15) is 0 Å². The molecule has 0 bridgehead atoms. The number of aryl methyl sites for hydroxylation is 1. The monoisotopic (exact) mass is 503 g/mol. The highest BCUT2D eigenvalue weighted by Crippen LogP contribution is 2.15. The Morgan fingerprint density at radius 3 is 2.59 bits per heavy atom. The highest BCUT2D eigenvalue weighted by atomic mass is 16.4. The van der Waals surface area contributed by atoms with Crippen LogP contribution in [0.15, 0.2) is 59.0 Å². The third-order valence-electron chi connectivity index (χ3n) is 6.43. The summed E-state index contributed by atoms with van der Waals surface area (Å²) < 4.78 is 5.66. The molecule has 4 rings (SSSR count). The molecule has 0 aliphatic carbocycles. The molecule has 2 aromatic carbocycles. The second-order valence-electron chi connectivity index (χ2n) is 9.82. The van der Waals surface area contributed by atoms with Gasteiger partial charge in [0.25, 0.3) is 5.89 Å². The molecule has 2 amide bonds. The van der Waals surface area contributed by atoms with Gasteiger partial charge in [-0.1, -0.05) is 74.0 Å². The Kier molecular flexibility index (Phi) is 8.45. The second-order valence-corrected chi connectivity index (χ2v) is 9.82. The van der Waals surface area contributed by atoms with Crippen molar-refractivity contribution in [2.75, 3.05) is 19.6 Å². The number of hydrogen-bond acceptors (Lipinski definition) is 7. The van der Waals surface area contributed by atoms with Crippen LogP contribution in [-0.2, 0) is 22.4 Å². The third-order valence-corrected chi connectivity index (χ3v) is 6.43. The number of nitrogens with zero attached hydrogens (tertiary/aromatic N) is 3. The van der Waals surface area contributed by atoms with Crippen molar-refractivity contribution >= 4 is 17.6 Å². The number of ketones is 1. The number of amides is 2. The zero-order chi connectivity index (χ0) is 26.4. The molecule has 0 spiro atoms. The summed E-state index contributed by atoms with van der Waals surface area (Å²) in [6, 6.07) is 16.8. The van der Waals surface area contributed by atoms with Gasteiger partial charge in [0.05, 0.1) is 25.6 Å². The molecular formula is C28H33N5O4. The van der Waals surface area contributed by atoms with Gasteiger partial charge >= 0.3 is 0 Å². The van der Waals surface area contributed by atoms with Crippen LogP contribution < -0.4 is 10.6 Å². The maximum absolute atomic E-state index is 13.2. The average molecular weight is 504 g/mol. The predicted octanol–water partition coefficient (Wildman–Crippen LogP) is 2.34. The topological polar surface area (TPSA) is 117 Å². The quantitative estimate of drug-likeness (QED) is 0.408. The molecule has 1 aromatic heterocycles. The number of benzene rings is 2. The first-order valence-electron chi connectivity index (χ1n) is 12.6. The number of aromatic nitrogens is 2. The van der Waals surface area contributed by atoms with Gasteiger partial charge in [-0.2, -0.15) is 0 Å². The normalized spacial score (nSPS) is 16.6. The summed E-state index contributed by atoms with van der Waals surface area (Å²) in [5.74, 6) is -1.02. The largest absolute Gasteiger partial charge is 0.418 e. The van der Waals surface area contributed by atoms with Crippen molar-refractivity contribution in [3.63, 3.8) is 0 Å². The number of nitrogens with one attached hydrogen (secondary N) is 2. The van der Waals surface area contributed by atoms with E-state index in [1.165, 1.54) is 0 Å². The summed E-state index contributed by atoms with van der Waals surface area (Å²) in [4.78, 5) is 40.5. The molecule has 1 aliphatic rings. The van der Waals surface area contributed by atoms with Gasteiger partial charge < -0.3 is 20.0 Å². The summed E-state index contributed by atoms with van der Waals surface area (Å²) in [6.45, 7) is 6.31. The van der Waals surface area contributed by atoms with Gasteiger partial charge in [-0.25, -0.2) is 0 Å². The van der Waals surface area contributed by atoms with Gasteiger partial charge in [0, 0.05) is 12.6 Å². The van der Waals surface area contributed by atoms with E-state index in [0.29, 0.717) is 25.3 Å². The minimum Gasteiger partial charge on any atom is -0.418 e. The molecule has 37 heavy (non-hydrogen) atoms. The van der Waals surface area contributed by atoms with Gasteiger partial charge in [-0.05, 0) is 30.4 Å². The van der Waals surface area contributed by atoms with Gasteiger partial charge in [-0.15, -0.1) is 10.2 Å². The lowest BCUT2D eigenvalue weighted by Gasteiger charge is -2.36. The average Bonchev–Trinajstić information content (AvgIpc) is 3.33. The molecule has 0 radical (unpaired) electrons. The Bertz CT molecular complexity index is 1240. The van der Waals surface area contributed by atoms with Crippen LogP contribution >= 0.6 is 0 Å². The fraction of sp³-hybridized carbons (Fsp3) is 0.393. The lowest BCUT2D eigenvalue weighted by molar-refractivity contribution is -0.139. The number of carbonyl (C=O) groups excluding carboxylic acids is 3. The van der Waals surface area contributed by atoms with Crippen molar-refractivity contribution in [1.29, 1.82) is 0 Å². The standard InChI is InChI=1S/C28H33N5O4/c1-18(2)26(27(36)28-32-31-24(37-28)14-21-11-7-8-19(3)12-21)30-23(34)17-33-22(15-29-16-25(33)35)13-20-9-5-4-6-10-20/h4-12,18,22,26,29H,13-17H2,1-3H3,(H,30,34)/t22-,26-/m1/s1.